The summed E-state index contributed by atoms with van der Waals surface area (Å²) in [6.45, 7) is 11.3. The van der Waals surface area contributed by atoms with Crippen LogP contribution in [0.15, 0.2) is 22.8 Å². The van der Waals surface area contributed by atoms with Gasteiger partial charge in [-0.25, -0.2) is 9.97 Å². The molecule has 2 aromatic heterocycles. The molecule has 2 rings (SSSR count). The molecule has 4 heteroatoms. The second-order valence-corrected chi connectivity index (χ2v) is 5.63. The van der Waals surface area contributed by atoms with E-state index in [9.17, 15) is 0 Å². The van der Waals surface area contributed by atoms with Gasteiger partial charge in [-0.2, -0.15) is 0 Å². The summed E-state index contributed by atoms with van der Waals surface area (Å²) in [5.41, 5.74) is 1.96. The Morgan fingerprint density at radius 2 is 2.00 bits per heavy atom. The third-order valence-electron chi connectivity index (χ3n) is 2.95. The molecule has 2 heterocycles. The van der Waals surface area contributed by atoms with Crippen molar-refractivity contribution in [1.29, 1.82) is 0 Å². The third-order valence-corrected chi connectivity index (χ3v) is 2.95. The molecule has 102 valence electrons. The standard InChI is InChI=1S/C15H21N3O/c1-6-16-13-9-12(15(3,4)5)17-14(18-13)11-7-8-19-10(11)2/h7-9H,6H2,1-5H3,(H,16,17,18). The third kappa shape index (κ3) is 2.95. The number of furan rings is 1. The van der Waals surface area contributed by atoms with Crippen molar-refractivity contribution < 1.29 is 4.42 Å². The topological polar surface area (TPSA) is 51.0 Å². The second kappa shape index (κ2) is 5.03. The lowest BCUT2D eigenvalue weighted by Gasteiger charge is -2.19. The van der Waals surface area contributed by atoms with Crippen molar-refractivity contribution in [1.82, 2.24) is 9.97 Å². The Labute approximate surface area is 114 Å². The minimum Gasteiger partial charge on any atom is -0.469 e. The molecule has 0 aliphatic rings. The maximum atomic E-state index is 5.34. The summed E-state index contributed by atoms with van der Waals surface area (Å²) in [5.74, 6) is 2.42. The zero-order valence-electron chi connectivity index (χ0n) is 12.2. The molecule has 0 saturated carbocycles. The highest BCUT2D eigenvalue weighted by Crippen LogP contribution is 2.27. The van der Waals surface area contributed by atoms with Crippen LogP contribution in [0.4, 0.5) is 5.82 Å². The highest BCUT2D eigenvalue weighted by atomic mass is 16.3. The summed E-state index contributed by atoms with van der Waals surface area (Å²) in [6.07, 6.45) is 1.67. The first-order chi connectivity index (χ1) is 8.91. The zero-order valence-corrected chi connectivity index (χ0v) is 12.2. The van der Waals surface area contributed by atoms with E-state index < -0.39 is 0 Å². The van der Waals surface area contributed by atoms with Crippen LogP contribution in [0, 0.1) is 6.92 Å². The second-order valence-electron chi connectivity index (χ2n) is 5.63. The average Bonchev–Trinajstić information content (AvgIpc) is 2.74. The molecule has 0 atom stereocenters. The van der Waals surface area contributed by atoms with Crippen LogP contribution in [0.25, 0.3) is 11.4 Å². The number of anilines is 1. The van der Waals surface area contributed by atoms with E-state index in [-0.39, 0.29) is 5.41 Å². The molecule has 0 amide bonds. The number of aryl methyl sites for hydroxylation is 1. The van der Waals surface area contributed by atoms with Crippen LogP contribution < -0.4 is 5.32 Å². The van der Waals surface area contributed by atoms with Crippen LogP contribution in [0.3, 0.4) is 0 Å². The van der Waals surface area contributed by atoms with Gasteiger partial charge in [0, 0.05) is 18.0 Å². The Morgan fingerprint density at radius 3 is 2.53 bits per heavy atom. The zero-order chi connectivity index (χ0) is 14.0. The normalized spacial score (nSPS) is 11.6. The van der Waals surface area contributed by atoms with Crippen LogP contribution in [0.1, 0.15) is 39.1 Å². The summed E-state index contributed by atoms with van der Waals surface area (Å²) >= 11 is 0. The molecule has 0 spiro atoms. The number of hydrogen-bond donors (Lipinski definition) is 1. The van der Waals surface area contributed by atoms with Gasteiger partial charge in [0.1, 0.15) is 11.6 Å². The molecule has 0 fully saturated rings. The number of hydrogen-bond acceptors (Lipinski definition) is 4. The lowest BCUT2D eigenvalue weighted by atomic mass is 9.92. The van der Waals surface area contributed by atoms with E-state index in [1.807, 2.05) is 19.1 Å². The van der Waals surface area contributed by atoms with E-state index in [4.69, 9.17) is 4.42 Å². The van der Waals surface area contributed by atoms with Crippen LogP contribution >= 0.6 is 0 Å². The van der Waals surface area contributed by atoms with Gasteiger partial charge in [0.05, 0.1) is 17.5 Å². The molecular weight excluding hydrogens is 238 g/mol. The Kier molecular flexibility index (Phi) is 3.60. The van der Waals surface area contributed by atoms with Crippen molar-refractivity contribution in [3.05, 3.63) is 29.9 Å². The fourth-order valence-electron chi connectivity index (χ4n) is 1.84. The van der Waals surface area contributed by atoms with E-state index in [0.717, 1.165) is 35.2 Å². The van der Waals surface area contributed by atoms with Crippen LogP contribution in [0.5, 0.6) is 0 Å². The smallest absolute Gasteiger partial charge is 0.165 e. The van der Waals surface area contributed by atoms with E-state index in [0.29, 0.717) is 0 Å². The summed E-state index contributed by atoms with van der Waals surface area (Å²) in [6, 6.07) is 3.93. The molecule has 4 nitrogen and oxygen atoms in total. The van der Waals surface area contributed by atoms with Gasteiger partial charge in [0.2, 0.25) is 0 Å². The Bertz CT molecular complexity index is 567. The molecule has 0 aromatic carbocycles. The molecule has 0 saturated heterocycles. The predicted octanol–water partition coefficient (Wildman–Crippen LogP) is 3.77. The summed E-state index contributed by atoms with van der Waals surface area (Å²) in [7, 11) is 0. The molecule has 1 N–H and O–H groups in total. The SMILES string of the molecule is CCNc1cc(C(C)(C)C)nc(-c2ccoc2C)n1. The van der Waals surface area contributed by atoms with Crippen molar-refractivity contribution in [3.8, 4) is 11.4 Å². The van der Waals surface area contributed by atoms with Crippen molar-refractivity contribution in [2.45, 2.75) is 40.0 Å². The first-order valence-corrected chi connectivity index (χ1v) is 6.59. The molecular formula is C15H21N3O. The van der Waals surface area contributed by atoms with Crippen LogP contribution in [0.2, 0.25) is 0 Å². The summed E-state index contributed by atoms with van der Waals surface area (Å²) < 4.78 is 5.34. The van der Waals surface area contributed by atoms with Crippen LogP contribution in [-0.2, 0) is 5.41 Å². The van der Waals surface area contributed by atoms with Gasteiger partial charge in [-0.05, 0) is 19.9 Å². The first kappa shape index (κ1) is 13.6. The van der Waals surface area contributed by atoms with Crippen molar-refractivity contribution in [2.24, 2.45) is 0 Å². The van der Waals surface area contributed by atoms with Gasteiger partial charge in [-0.1, -0.05) is 20.8 Å². The summed E-state index contributed by atoms with van der Waals surface area (Å²) in [5, 5.41) is 3.26. The molecule has 0 aliphatic heterocycles. The maximum Gasteiger partial charge on any atom is 0.165 e. The minimum atomic E-state index is -0.0144. The van der Waals surface area contributed by atoms with Gasteiger partial charge in [-0.3, -0.25) is 0 Å². The van der Waals surface area contributed by atoms with E-state index in [1.54, 1.807) is 6.26 Å². The predicted molar refractivity (Wildman–Crippen MR) is 77.3 cm³/mol. The van der Waals surface area contributed by atoms with Gasteiger partial charge >= 0.3 is 0 Å². The average molecular weight is 259 g/mol. The lowest BCUT2D eigenvalue weighted by Crippen LogP contribution is -2.16. The molecule has 0 radical (unpaired) electrons. The molecule has 19 heavy (non-hydrogen) atoms. The number of nitrogens with zero attached hydrogens (tertiary/aromatic N) is 2. The summed E-state index contributed by atoms with van der Waals surface area (Å²) in [4.78, 5) is 9.24. The largest absolute Gasteiger partial charge is 0.469 e. The molecule has 0 bridgehead atoms. The van der Waals surface area contributed by atoms with Crippen LogP contribution in [-0.4, -0.2) is 16.5 Å². The van der Waals surface area contributed by atoms with E-state index >= 15 is 0 Å². The first-order valence-electron chi connectivity index (χ1n) is 6.59. The van der Waals surface area contributed by atoms with Gasteiger partial charge < -0.3 is 9.73 Å². The quantitative estimate of drug-likeness (QED) is 0.911. The Morgan fingerprint density at radius 1 is 1.26 bits per heavy atom. The number of nitrogens with one attached hydrogen (secondary N) is 1. The van der Waals surface area contributed by atoms with Gasteiger partial charge in [-0.15, -0.1) is 0 Å². The highest BCUT2D eigenvalue weighted by Gasteiger charge is 2.19. The fraction of sp³-hybridized carbons (Fsp3) is 0.467. The van der Waals surface area contributed by atoms with E-state index in [2.05, 4.69) is 43.0 Å². The van der Waals surface area contributed by atoms with Gasteiger partial charge in [0.15, 0.2) is 5.82 Å². The Balaban J connectivity index is 2.55. The van der Waals surface area contributed by atoms with E-state index in [1.165, 1.54) is 0 Å². The molecule has 0 aliphatic carbocycles. The minimum absolute atomic E-state index is 0.0144. The molecule has 2 aromatic rings. The number of rotatable bonds is 3. The van der Waals surface area contributed by atoms with Crippen molar-refractivity contribution in [2.75, 3.05) is 11.9 Å². The van der Waals surface area contributed by atoms with Gasteiger partial charge in [0.25, 0.3) is 0 Å². The lowest BCUT2D eigenvalue weighted by molar-refractivity contribution is 0.534. The monoisotopic (exact) mass is 259 g/mol. The highest BCUT2D eigenvalue weighted by molar-refractivity contribution is 5.59. The van der Waals surface area contributed by atoms with Crippen molar-refractivity contribution >= 4 is 5.82 Å². The Hall–Kier alpha value is -1.84. The maximum absolute atomic E-state index is 5.34. The molecule has 0 unspecified atom stereocenters. The fourth-order valence-corrected chi connectivity index (χ4v) is 1.84. The number of aromatic nitrogens is 2. The van der Waals surface area contributed by atoms with Crippen molar-refractivity contribution in [3.63, 3.8) is 0 Å².